The summed E-state index contributed by atoms with van der Waals surface area (Å²) in [6.45, 7) is 2.94. The number of amides is 2. The molecule has 2 atom stereocenters. The fourth-order valence-electron chi connectivity index (χ4n) is 1.41. The van der Waals surface area contributed by atoms with Gasteiger partial charge in [-0.25, -0.2) is 9.59 Å². The maximum atomic E-state index is 11.7. The number of aliphatic carboxylic acids is 1. The quantitative estimate of drug-likeness (QED) is 0.699. The number of hydrogen-bond acceptors (Lipinski definition) is 4. The van der Waals surface area contributed by atoms with Crippen molar-refractivity contribution in [1.82, 2.24) is 10.2 Å². The summed E-state index contributed by atoms with van der Waals surface area (Å²) in [5.41, 5.74) is 0. The highest BCUT2D eigenvalue weighted by atomic mass is 16.5. The van der Waals surface area contributed by atoms with E-state index in [1.807, 2.05) is 6.92 Å². The van der Waals surface area contributed by atoms with E-state index in [9.17, 15) is 9.59 Å². The van der Waals surface area contributed by atoms with Crippen molar-refractivity contribution >= 4 is 12.0 Å². The van der Waals surface area contributed by atoms with E-state index in [1.54, 1.807) is 7.11 Å². The van der Waals surface area contributed by atoms with Gasteiger partial charge in [0.25, 0.3) is 0 Å². The van der Waals surface area contributed by atoms with Crippen molar-refractivity contribution in [2.45, 2.75) is 19.1 Å². The maximum Gasteiger partial charge on any atom is 0.334 e. The highest BCUT2D eigenvalue weighted by molar-refractivity contribution is 5.77. The standard InChI is InChI=1S/C10H18N2O5/c1-7(16-2)5-11-10(15)12-3-4-17-8(6-12)9(13)14/h7-8H,3-6H2,1-2H3,(H,11,15)(H,13,14). The van der Waals surface area contributed by atoms with E-state index in [2.05, 4.69) is 5.32 Å². The summed E-state index contributed by atoms with van der Waals surface area (Å²) in [4.78, 5) is 23.9. The summed E-state index contributed by atoms with van der Waals surface area (Å²) in [5, 5.41) is 11.5. The number of nitrogens with one attached hydrogen (secondary N) is 1. The second kappa shape index (κ2) is 6.41. The normalized spacial score (nSPS) is 22.0. The highest BCUT2D eigenvalue weighted by Gasteiger charge is 2.28. The molecule has 0 aliphatic carbocycles. The van der Waals surface area contributed by atoms with Gasteiger partial charge in [-0.15, -0.1) is 0 Å². The molecule has 0 aromatic heterocycles. The Kier molecular flexibility index (Phi) is 5.17. The molecule has 98 valence electrons. The summed E-state index contributed by atoms with van der Waals surface area (Å²) >= 11 is 0. The molecule has 1 heterocycles. The van der Waals surface area contributed by atoms with Gasteiger partial charge in [-0.2, -0.15) is 0 Å². The van der Waals surface area contributed by atoms with E-state index in [0.717, 1.165) is 0 Å². The van der Waals surface area contributed by atoms with E-state index in [1.165, 1.54) is 4.90 Å². The number of ether oxygens (including phenoxy) is 2. The van der Waals surface area contributed by atoms with Gasteiger partial charge in [-0.3, -0.25) is 0 Å². The number of urea groups is 1. The minimum absolute atomic E-state index is 0.0720. The molecule has 1 rings (SSSR count). The molecule has 0 radical (unpaired) electrons. The van der Waals surface area contributed by atoms with E-state index < -0.39 is 12.1 Å². The first-order chi connectivity index (χ1) is 8.04. The number of carboxylic acid groups (broad SMARTS) is 1. The lowest BCUT2D eigenvalue weighted by molar-refractivity contribution is -0.154. The number of rotatable bonds is 4. The van der Waals surface area contributed by atoms with Crippen molar-refractivity contribution in [3.8, 4) is 0 Å². The number of carbonyl (C=O) groups is 2. The topological polar surface area (TPSA) is 88.1 Å². The fourth-order valence-corrected chi connectivity index (χ4v) is 1.41. The summed E-state index contributed by atoms with van der Waals surface area (Å²) in [5.74, 6) is -1.05. The van der Waals surface area contributed by atoms with Crippen molar-refractivity contribution in [2.75, 3.05) is 33.4 Å². The molecule has 2 unspecified atom stereocenters. The molecule has 17 heavy (non-hydrogen) atoms. The molecule has 2 amide bonds. The second-order valence-corrected chi connectivity index (χ2v) is 3.88. The first kappa shape index (κ1) is 13.7. The summed E-state index contributed by atoms with van der Waals surface area (Å²) in [6, 6.07) is -0.288. The van der Waals surface area contributed by atoms with Crippen LogP contribution < -0.4 is 5.32 Å². The molecule has 0 saturated carbocycles. The molecule has 7 nitrogen and oxygen atoms in total. The van der Waals surface area contributed by atoms with Gasteiger partial charge in [0.05, 0.1) is 19.3 Å². The maximum absolute atomic E-state index is 11.7. The fraction of sp³-hybridized carbons (Fsp3) is 0.800. The van der Waals surface area contributed by atoms with Crippen LogP contribution in [0.3, 0.4) is 0 Å². The van der Waals surface area contributed by atoms with Gasteiger partial charge in [0.15, 0.2) is 6.10 Å². The molecule has 0 spiro atoms. The van der Waals surface area contributed by atoms with Gasteiger partial charge in [0, 0.05) is 20.2 Å². The Morgan fingerprint density at radius 2 is 2.35 bits per heavy atom. The van der Waals surface area contributed by atoms with Gasteiger partial charge in [-0.1, -0.05) is 0 Å². The highest BCUT2D eigenvalue weighted by Crippen LogP contribution is 2.05. The van der Waals surface area contributed by atoms with Crippen LogP contribution >= 0.6 is 0 Å². The zero-order valence-corrected chi connectivity index (χ0v) is 10.0. The molecule has 2 N–H and O–H groups in total. The Morgan fingerprint density at radius 1 is 1.65 bits per heavy atom. The molecule has 1 fully saturated rings. The first-order valence-electron chi connectivity index (χ1n) is 5.44. The minimum atomic E-state index is -1.05. The Hall–Kier alpha value is -1.34. The lowest BCUT2D eigenvalue weighted by Gasteiger charge is -2.31. The number of nitrogens with zero attached hydrogens (tertiary/aromatic N) is 1. The van der Waals surface area contributed by atoms with Crippen molar-refractivity contribution in [3.05, 3.63) is 0 Å². The minimum Gasteiger partial charge on any atom is -0.479 e. The Labute approximate surface area is 99.7 Å². The van der Waals surface area contributed by atoms with Gasteiger partial charge in [-0.05, 0) is 6.92 Å². The molecule has 0 bridgehead atoms. The molecule has 1 saturated heterocycles. The Balaban J connectivity index is 2.38. The summed E-state index contributed by atoms with van der Waals surface area (Å²) < 4.78 is 10.0. The van der Waals surface area contributed by atoms with Crippen molar-refractivity contribution in [1.29, 1.82) is 0 Å². The lowest BCUT2D eigenvalue weighted by Crippen LogP contribution is -2.52. The number of morpholine rings is 1. The molecule has 0 aromatic rings. The average Bonchev–Trinajstić information content (AvgIpc) is 2.35. The predicted molar refractivity (Wildman–Crippen MR) is 58.8 cm³/mol. The lowest BCUT2D eigenvalue weighted by atomic mass is 10.3. The van der Waals surface area contributed by atoms with Crippen LogP contribution in [-0.4, -0.2) is 67.6 Å². The third kappa shape index (κ3) is 4.20. The molecule has 1 aliphatic rings. The van der Waals surface area contributed by atoms with Crippen LogP contribution in [0.2, 0.25) is 0 Å². The van der Waals surface area contributed by atoms with Crippen molar-refractivity contribution in [2.24, 2.45) is 0 Å². The van der Waals surface area contributed by atoms with E-state index in [0.29, 0.717) is 13.1 Å². The van der Waals surface area contributed by atoms with Crippen molar-refractivity contribution < 1.29 is 24.2 Å². The Morgan fingerprint density at radius 3 is 2.94 bits per heavy atom. The molecule has 1 aliphatic heterocycles. The van der Waals surface area contributed by atoms with E-state index in [4.69, 9.17) is 14.6 Å². The summed E-state index contributed by atoms with van der Waals surface area (Å²) in [6.07, 6.45) is -1.01. The van der Waals surface area contributed by atoms with Gasteiger partial charge in [0.1, 0.15) is 0 Å². The van der Waals surface area contributed by atoms with Crippen LogP contribution in [-0.2, 0) is 14.3 Å². The number of methoxy groups -OCH3 is 1. The number of carbonyl (C=O) groups excluding carboxylic acids is 1. The van der Waals surface area contributed by atoms with Crippen molar-refractivity contribution in [3.63, 3.8) is 0 Å². The SMILES string of the molecule is COC(C)CNC(=O)N1CCOC(C(=O)O)C1. The van der Waals surface area contributed by atoms with Crippen LogP contribution in [0.25, 0.3) is 0 Å². The van der Waals surface area contributed by atoms with E-state index in [-0.39, 0.29) is 25.3 Å². The van der Waals surface area contributed by atoms with Gasteiger partial charge < -0.3 is 24.8 Å². The van der Waals surface area contributed by atoms with Gasteiger partial charge >= 0.3 is 12.0 Å². The zero-order chi connectivity index (χ0) is 12.8. The number of hydrogen-bond donors (Lipinski definition) is 2. The van der Waals surface area contributed by atoms with Gasteiger partial charge in [0.2, 0.25) is 0 Å². The predicted octanol–water partition coefficient (Wildman–Crippen LogP) is -0.484. The molecule has 7 heteroatoms. The first-order valence-corrected chi connectivity index (χ1v) is 5.44. The second-order valence-electron chi connectivity index (χ2n) is 3.88. The monoisotopic (exact) mass is 246 g/mol. The van der Waals surface area contributed by atoms with Crippen LogP contribution in [0.1, 0.15) is 6.92 Å². The third-order valence-electron chi connectivity index (χ3n) is 2.57. The Bertz CT molecular complexity index is 284. The summed E-state index contributed by atoms with van der Waals surface area (Å²) in [7, 11) is 1.56. The van der Waals surface area contributed by atoms with Crippen LogP contribution in [0, 0.1) is 0 Å². The van der Waals surface area contributed by atoms with Crippen LogP contribution in [0.5, 0.6) is 0 Å². The number of carboxylic acids is 1. The van der Waals surface area contributed by atoms with Crippen LogP contribution in [0.4, 0.5) is 4.79 Å². The molecule has 0 aromatic carbocycles. The third-order valence-corrected chi connectivity index (χ3v) is 2.57. The largest absolute Gasteiger partial charge is 0.479 e. The molecular formula is C10H18N2O5. The van der Waals surface area contributed by atoms with E-state index >= 15 is 0 Å². The average molecular weight is 246 g/mol. The zero-order valence-electron chi connectivity index (χ0n) is 10.0. The van der Waals surface area contributed by atoms with Crippen LogP contribution in [0.15, 0.2) is 0 Å². The smallest absolute Gasteiger partial charge is 0.334 e. The molecular weight excluding hydrogens is 228 g/mol.